The molecule has 2 atom stereocenters. The third-order valence-electron chi connectivity index (χ3n) is 3.18. The van der Waals surface area contributed by atoms with Gasteiger partial charge in [0.25, 0.3) is 0 Å². The monoisotopic (exact) mass is 185 g/mol. The Bertz CT molecular complexity index is 150. The van der Waals surface area contributed by atoms with Crippen LogP contribution in [0.1, 0.15) is 34.1 Å². The topological polar surface area (TPSA) is 21.3 Å². The Morgan fingerprint density at radius 1 is 1.38 bits per heavy atom. The summed E-state index contributed by atoms with van der Waals surface area (Å²) in [7, 11) is 0. The minimum atomic E-state index is 0.244. The molecule has 0 aromatic heterocycles. The van der Waals surface area contributed by atoms with Crippen molar-refractivity contribution in [2.24, 2.45) is 11.8 Å². The first-order chi connectivity index (χ1) is 6.25. The van der Waals surface area contributed by atoms with Crippen molar-refractivity contribution in [2.45, 2.75) is 39.7 Å². The van der Waals surface area contributed by atoms with Crippen molar-refractivity contribution >= 4 is 0 Å². The van der Waals surface area contributed by atoms with Gasteiger partial charge in [0.2, 0.25) is 0 Å². The molecule has 78 valence electrons. The molecule has 1 N–H and O–H groups in total. The van der Waals surface area contributed by atoms with E-state index >= 15 is 0 Å². The number of nitrogens with one attached hydrogen (secondary N) is 1. The maximum atomic E-state index is 5.69. The standard InChI is InChI=1S/C9H17NO.C2H6/c1-7(2)8-5-11-9(8)3-4-10-6-9;1-2/h7-8,10H,3-6H2,1-2H3;1-2H3. The lowest BCUT2D eigenvalue weighted by Gasteiger charge is -2.48. The lowest BCUT2D eigenvalue weighted by molar-refractivity contribution is -0.205. The summed E-state index contributed by atoms with van der Waals surface area (Å²) < 4.78 is 5.69. The molecule has 0 aromatic rings. The summed E-state index contributed by atoms with van der Waals surface area (Å²) in [5.41, 5.74) is 0.244. The van der Waals surface area contributed by atoms with Crippen LogP contribution in [-0.2, 0) is 4.74 Å². The van der Waals surface area contributed by atoms with Gasteiger partial charge in [-0.05, 0) is 18.9 Å². The first kappa shape index (κ1) is 11.0. The molecule has 2 fully saturated rings. The van der Waals surface area contributed by atoms with E-state index in [2.05, 4.69) is 19.2 Å². The van der Waals surface area contributed by atoms with Crippen LogP contribution >= 0.6 is 0 Å². The maximum absolute atomic E-state index is 5.69. The third kappa shape index (κ3) is 1.89. The zero-order valence-electron chi connectivity index (χ0n) is 9.39. The van der Waals surface area contributed by atoms with E-state index in [4.69, 9.17) is 4.74 Å². The fourth-order valence-corrected chi connectivity index (χ4v) is 2.34. The van der Waals surface area contributed by atoms with Gasteiger partial charge in [-0.3, -0.25) is 0 Å². The lowest BCUT2D eigenvalue weighted by atomic mass is 9.75. The summed E-state index contributed by atoms with van der Waals surface area (Å²) in [5.74, 6) is 1.58. The molecule has 0 bridgehead atoms. The smallest absolute Gasteiger partial charge is 0.0870 e. The van der Waals surface area contributed by atoms with Crippen LogP contribution in [0.4, 0.5) is 0 Å². The van der Waals surface area contributed by atoms with E-state index < -0.39 is 0 Å². The van der Waals surface area contributed by atoms with E-state index in [1.54, 1.807) is 0 Å². The van der Waals surface area contributed by atoms with Gasteiger partial charge in [0, 0.05) is 12.5 Å². The quantitative estimate of drug-likeness (QED) is 0.675. The minimum Gasteiger partial charge on any atom is -0.373 e. The first-order valence-corrected chi connectivity index (χ1v) is 5.59. The molecular weight excluding hydrogens is 162 g/mol. The largest absolute Gasteiger partial charge is 0.373 e. The molecular formula is C11H23NO. The summed E-state index contributed by atoms with van der Waals surface area (Å²) in [6.07, 6.45) is 1.22. The van der Waals surface area contributed by atoms with Gasteiger partial charge in [-0.15, -0.1) is 0 Å². The molecule has 2 heterocycles. The lowest BCUT2D eigenvalue weighted by Crippen LogP contribution is -2.57. The van der Waals surface area contributed by atoms with E-state index in [1.807, 2.05) is 13.8 Å². The second kappa shape index (κ2) is 4.43. The normalized spacial score (nSPS) is 37.2. The van der Waals surface area contributed by atoms with Crippen LogP contribution in [0, 0.1) is 11.8 Å². The van der Waals surface area contributed by atoms with E-state index in [1.165, 1.54) is 6.42 Å². The Hall–Kier alpha value is -0.0800. The van der Waals surface area contributed by atoms with Crippen LogP contribution < -0.4 is 5.32 Å². The Balaban J connectivity index is 0.000000396. The second-order valence-corrected chi connectivity index (χ2v) is 4.15. The van der Waals surface area contributed by atoms with Crippen molar-refractivity contribution in [3.63, 3.8) is 0 Å². The van der Waals surface area contributed by atoms with Crippen LogP contribution in [0.25, 0.3) is 0 Å². The van der Waals surface area contributed by atoms with E-state index in [-0.39, 0.29) is 5.60 Å². The van der Waals surface area contributed by atoms with Crippen LogP contribution in [0.15, 0.2) is 0 Å². The molecule has 0 aromatic carbocycles. The van der Waals surface area contributed by atoms with Crippen LogP contribution in [0.2, 0.25) is 0 Å². The molecule has 2 rings (SSSR count). The highest BCUT2D eigenvalue weighted by atomic mass is 16.5. The minimum absolute atomic E-state index is 0.244. The van der Waals surface area contributed by atoms with E-state index in [9.17, 15) is 0 Å². The van der Waals surface area contributed by atoms with Gasteiger partial charge < -0.3 is 10.1 Å². The van der Waals surface area contributed by atoms with Crippen molar-refractivity contribution in [3.8, 4) is 0 Å². The average molecular weight is 185 g/mol. The molecule has 2 aliphatic rings. The molecule has 2 aliphatic heterocycles. The van der Waals surface area contributed by atoms with Gasteiger partial charge >= 0.3 is 0 Å². The number of hydrogen-bond donors (Lipinski definition) is 1. The second-order valence-electron chi connectivity index (χ2n) is 4.15. The maximum Gasteiger partial charge on any atom is 0.0870 e. The Kier molecular flexibility index (Phi) is 3.74. The molecule has 0 amide bonds. The highest BCUT2D eigenvalue weighted by Gasteiger charge is 2.50. The third-order valence-corrected chi connectivity index (χ3v) is 3.18. The van der Waals surface area contributed by atoms with E-state index in [0.717, 1.165) is 31.5 Å². The summed E-state index contributed by atoms with van der Waals surface area (Å²) >= 11 is 0. The number of rotatable bonds is 1. The van der Waals surface area contributed by atoms with Gasteiger partial charge in [-0.25, -0.2) is 0 Å². The molecule has 2 saturated heterocycles. The Morgan fingerprint density at radius 2 is 2.08 bits per heavy atom. The molecule has 0 saturated carbocycles. The molecule has 1 spiro atoms. The number of ether oxygens (including phenoxy) is 1. The van der Waals surface area contributed by atoms with Gasteiger partial charge in [-0.1, -0.05) is 27.7 Å². The molecule has 2 unspecified atom stereocenters. The van der Waals surface area contributed by atoms with Crippen LogP contribution in [0.5, 0.6) is 0 Å². The van der Waals surface area contributed by atoms with Gasteiger partial charge in [0.15, 0.2) is 0 Å². The SMILES string of the molecule is CC.CC(C)C1COC12CCNC2. The van der Waals surface area contributed by atoms with Gasteiger partial charge in [-0.2, -0.15) is 0 Å². The Morgan fingerprint density at radius 3 is 2.38 bits per heavy atom. The zero-order valence-corrected chi connectivity index (χ0v) is 9.39. The first-order valence-electron chi connectivity index (χ1n) is 5.59. The summed E-state index contributed by atoms with van der Waals surface area (Å²) in [5, 5.41) is 3.37. The van der Waals surface area contributed by atoms with Crippen molar-refractivity contribution < 1.29 is 4.74 Å². The highest BCUT2D eigenvalue weighted by molar-refractivity contribution is 5.02. The molecule has 2 heteroatoms. The van der Waals surface area contributed by atoms with Crippen molar-refractivity contribution in [3.05, 3.63) is 0 Å². The number of hydrogen-bond acceptors (Lipinski definition) is 2. The molecule has 0 radical (unpaired) electrons. The Labute approximate surface area is 82.0 Å². The van der Waals surface area contributed by atoms with Gasteiger partial charge in [0.05, 0.1) is 12.2 Å². The predicted octanol–water partition coefficient (Wildman–Crippen LogP) is 2.05. The van der Waals surface area contributed by atoms with Crippen molar-refractivity contribution in [2.75, 3.05) is 19.7 Å². The highest BCUT2D eigenvalue weighted by Crippen LogP contribution is 2.42. The van der Waals surface area contributed by atoms with Crippen LogP contribution in [0.3, 0.4) is 0 Å². The fourth-order valence-electron chi connectivity index (χ4n) is 2.34. The zero-order chi connectivity index (χ0) is 9.90. The fraction of sp³-hybridized carbons (Fsp3) is 1.00. The van der Waals surface area contributed by atoms with Crippen LogP contribution in [-0.4, -0.2) is 25.3 Å². The van der Waals surface area contributed by atoms with E-state index in [0.29, 0.717) is 0 Å². The summed E-state index contributed by atoms with van der Waals surface area (Å²) in [6.45, 7) is 11.8. The van der Waals surface area contributed by atoms with Gasteiger partial charge in [0.1, 0.15) is 0 Å². The summed E-state index contributed by atoms with van der Waals surface area (Å²) in [4.78, 5) is 0. The van der Waals surface area contributed by atoms with Crippen molar-refractivity contribution in [1.29, 1.82) is 0 Å². The molecule has 13 heavy (non-hydrogen) atoms. The molecule has 2 nitrogen and oxygen atoms in total. The predicted molar refractivity (Wildman–Crippen MR) is 55.8 cm³/mol. The summed E-state index contributed by atoms with van der Waals surface area (Å²) in [6, 6.07) is 0. The molecule has 0 aliphatic carbocycles. The van der Waals surface area contributed by atoms with Crippen molar-refractivity contribution in [1.82, 2.24) is 5.32 Å². The average Bonchev–Trinajstić information content (AvgIpc) is 2.55.